The van der Waals surface area contributed by atoms with Gasteiger partial charge in [-0.2, -0.15) is 0 Å². The van der Waals surface area contributed by atoms with E-state index in [9.17, 15) is 14.4 Å². The van der Waals surface area contributed by atoms with E-state index in [0.717, 1.165) is 0 Å². The number of hydrogen-bond acceptors (Lipinski definition) is 5. The molecule has 2 aromatic rings. The Hall–Kier alpha value is -2.74. The monoisotopic (exact) mass is 372 g/mol. The fourth-order valence-corrected chi connectivity index (χ4v) is 3.59. The number of benzene rings is 1. The number of amides is 3. The minimum absolute atomic E-state index is 0.0286. The van der Waals surface area contributed by atoms with E-state index in [0.29, 0.717) is 42.3 Å². The quantitative estimate of drug-likeness (QED) is 0.832. The smallest absolute Gasteiger partial charge is 0.257 e. The van der Waals surface area contributed by atoms with Crippen LogP contribution in [0.15, 0.2) is 35.7 Å². The van der Waals surface area contributed by atoms with Gasteiger partial charge in [-0.15, -0.1) is 11.3 Å². The molecular weight excluding hydrogens is 352 g/mol. The summed E-state index contributed by atoms with van der Waals surface area (Å²) in [6, 6.07) is 8.88. The molecule has 0 radical (unpaired) electrons. The predicted molar refractivity (Wildman–Crippen MR) is 98.7 cm³/mol. The summed E-state index contributed by atoms with van der Waals surface area (Å²) in [7, 11) is 0. The van der Waals surface area contributed by atoms with Crippen molar-refractivity contribution in [2.75, 3.05) is 18.4 Å². The van der Waals surface area contributed by atoms with Crippen LogP contribution in [-0.2, 0) is 16.0 Å². The second kappa shape index (κ2) is 8.09. The summed E-state index contributed by atoms with van der Waals surface area (Å²) in [5.74, 6) is -0.695. The van der Waals surface area contributed by atoms with Gasteiger partial charge >= 0.3 is 0 Å². The van der Waals surface area contributed by atoms with Gasteiger partial charge in [0, 0.05) is 30.0 Å². The maximum Gasteiger partial charge on any atom is 0.257 e. The van der Waals surface area contributed by atoms with Crippen LogP contribution in [0.3, 0.4) is 0 Å². The highest BCUT2D eigenvalue weighted by Gasteiger charge is 2.26. The number of anilines is 1. The van der Waals surface area contributed by atoms with Crippen molar-refractivity contribution in [3.63, 3.8) is 0 Å². The second-order valence-corrected chi connectivity index (χ2v) is 7.06. The number of likely N-dealkylation sites (tertiary alicyclic amines) is 1. The van der Waals surface area contributed by atoms with E-state index >= 15 is 0 Å². The van der Waals surface area contributed by atoms with Crippen molar-refractivity contribution in [3.8, 4) is 0 Å². The van der Waals surface area contributed by atoms with Crippen molar-refractivity contribution in [1.82, 2.24) is 9.88 Å². The van der Waals surface area contributed by atoms with Crippen molar-refractivity contribution in [1.29, 1.82) is 0 Å². The largest absolute Gasteiger partial charge is 0.369 e. The van der Waals surface area contributed by atoms with Crippen LogP contribution in [0.1, 0.15) is 28.9 Å². The highest BCUT2D eigenvalue weighted by molar-refractivity contribution is 7.14. The molecule has 8 heteroatoms. The van der Waals surface area contributed by atoms with Crippen molar-refractivity contribution in [2.45, 2.75) is 19.3 Å². The third kappa shape index (κ3) is 4.45. The lowest BCUT2D eigenvalue weighted by Crippen LogP contribution is -2.42. The first-order valence-corrected chi connectivity index (χ1v) is 9.29. The molecule has 0 unspecified atom stereocenters. The lowest BCUT2D eigenvalue weighted by atomic mass is 9.96. The first kappa shape index (κ1) is 18.1. The summed E-state index contributed by atoms with van der Waals surface area (Å²) in [5, 5.41) is 4.98. The zero-order valence-corrected chi connectivity index (χ0v) is 15.0. The molecule has 7 nitrogen and oxygen atoms in total. The minimum atomic E-state index is -0.296. The van der Waals surface area contributed by atoms with Gasteiger partial charge in [0.1, 0.15) is 0 Å². The Kier molecular flexibility index (Phi) is 5.62. The first-order chi connectivity index (χ1) is 12.5. The van der Waals surface area contributed by atoms with Crippen LogP contribution in [0.4, 0.5) is 5.13 Å². The highest BCUT2D eigenvalue weighted by Crippen LogP contribution is 2.20. The number of thiazole rings is 1. The Morgan fingerprint density at radius 2 is 1.88 bits per heavy atom. The van der Waals surface area contributed by atoms with Gasteiger partial charge in [0.05, 0.1) is 12.1 Å². The summed E-state index contributed by atoms with van der Waals surface area (Å²) >= 11 is 1.29. The van der Waals surface area contributed by atoms with E-state index in [1.54, 1.807) is 34.5 Å². The number of primary amides is 1. The molecule has 3 N–H and O–H groups in total. The Labute approximate surface area is 155 Å². The Bertz CT molecular complexity index is 798. The van der Waals surface area contributed by atoms with E-state index < -0.39 is 0 Å². The van der Waals surface area contributed by atoms with Crippen molar-refractivity contribution < 1.29 is 14.4 Å². The predicted octanol–water partition coefficient (Wildman–Crippen LogP) is 1.66. The maximum absolute atomic E-state index is 12.4. The Balaban J connectivity index is 1.53. The van der Waals surface area contributed by atoms with Crippen LogP contribution in [0.2, 0.25) is 0 Å². The van der Waals surface area contributed by atoms with Gasteiger partial charge in [-0.25, -0.2) is 4.98 Å². The number of nitrogens with zero attached hydrogens (tertiary/aromatic N) is 2. The van der Waals surface area contributed by atoms with Crippen LogP contribution in [-0.4, -0.2) is 40.7 Å². The molecule has 1 aromatic carbocycles. The van der Waals surface area contributed by atoms with Gasteiger partial charge in [-0.05, 0) is 25.0 Å². The molecule has 1 aliphatic rings. The van der Waals surface area contributed by atoms with Gasteiger partial charge < -0.3 is 10.6 Å². The van der Waals surface area contributed by atoms with E-state index in [4.69, 9.17) is 5.73 Å². The summed E-state index contributed by atoms with van der Waals surface area (Å²) < 4.78 is 0. The number of carbonyl (C=O) groups is 3. The molecule has 3 amide bonds. The molecule has 1 aromatic heterocycles. The Morgan fingerprint density at radius 3 is 2.54 bits per heavy atom. The van der Waals surface area contributed by atoms with Crippen LogP contribution >= 0.6 is 11.3 Å². The van der Waals surface area contributed by atoms with E-state index in [1.807, 2.05) is 6.07 Å². The molecule has 0 bridgehead atoms. The number of nitrogens with one attached hydrogen (secondary N) is 1. The summed E-state index contributed by atoms with van der Waals surface area (Å²) in [5.41, 5.74) is 6.49. The molecule has 26 heavy (non-hydrogen) atoms. The number of carbonyl (C=O) groups excluding carboxylic acids is 3. The Morgan fingerprint density at radius 1 is 1.19 bits per heavy atom. The van der Waals surface area contributed by atoms with E-state index in [1.165, 1.54) is 11.3 Å². The van der Waals surface area contributed by atoms with Crippen LogP contribution in [0.25, 0.3) is 0 Å². The second-order valence-electron chi connectivity index (χ2n) is 6.20. The van der Waals surface area contributed by atoms with Crippen molar-refractivity contribution in [2.24, 2.45) is 11.7 Å². The standard InChI is InChI=1S/C18H20N4O3S/c19-16(24)12-6-8-22(9-7-12)15(23)10-14-11-26-18(20-14)21-17(25)13-4-2-1-3-5-13/h1-5,11-12H,6-10H2,(H2,19,24)(H,20,21,25). The third-order valence-corrected chi connectivity index (χ3v) is 5.20. The zero-order chi connectivity index (χ0) is 18.5. The molecule has 2 heterocycles. The number of aromatic nitrogens is 1. The van der Waals surface area contributed by atoms with Crippen LogP contribution in [0.5, 0.6) is 0 Å². The van der Waals surface area contributed by atoms with Crippen molar-refractivity contribution >= 4 is 34.2 Å². The first-order valence-electron chi connectivity index (χ1n) is 8.41. The van der Waals surface area contributed by atoms with Gasteiger partial charge in [0.25, 0.3) is 5.91 Å². The molecule has 3 rings (SSSR count). The fourth-order valence-electron chi connectivity index (χ4n) is 2.88. The average molecular weight is 372 g/mol. The van der Waals surface area contributed by atoms with Gasteiger partial charge in [-0.3, -0.25) is 19.7 Å². The SMILES string of the molecule is NC(=O)C1CCN(C(=O)Cc2csc(NC(=O)c3ccccc3)n2)CC1. The highest BCUT2D eigenvalue weighted by atomic mass is 32.1. The molecule has 136 valence electrons. The van der Waals surface area contributed by atoms with Gasteiger partial charge in [0.15, 0.2) is 5.13 Å². The number of nitrogens with two attached hydrogens (primary N) is 1. The zero-order valence-electron chi connectivity index (χ0n) is 14.2. The molecule has 0 atom stereocenters. The topological polar surface area (TPSA) is 105 Å². The van der Waals surface area contributed by atoms with E-state index in [2.05, 4.69) is 10.3 Å². The molecule has 0 aliphatic carbocycles. The van der Waals surface area contributed by atoms with E-state index in [-0.39, 0.29) is 30.1 Å². The summed E-state index contributed by atoms with van der Waals surface area (Å²) in [6.07, 6.45) is 1.39. The lowest BCUT2D eigenvalue weighted by molar-refractivity contribution is -0.134. The fraction of sp³-hybridized carbons (Fsp3) is 0.333. The normalized spacial score (nSPS) is 14.8. The molecule has 1 fully saturated rings. The molecule has 0 spiro atoms. The van der Waals surface area contributed by atoms with Crippen molar-refractivity contribution in [3.05, 3.63) is 47.0 Å². The van der Waals surface area contributed by atoms with Gasteiger partial charge in [-0.1, -0.05) is 18.2 Å². The third-order valence-electron chi connectivity index (χ3n) is 4.39. The summed E-state index contributed by atoms with van der Waals surface area (Å²) in [4.78, 5) is 41.8. The van der Waals surface area contributed by atoms with Gasteiger partial charge in [0.2, 0.25) is 11.8 Å². The number of hydrogen-bond donors (Lipinski definition) is 2. The lowest BCUT2D eigenvalue weighted by Gasteiger charge is -2.30. The molecule has 0 saturated carbocycles. The number of rotatable bonds is 5. The average Bonchev–Trinajstić information content (AvgIpc) is 3.09. The maximum atomic E-state index is 12.4. The molecule has 1 aliphatic heterocycles. The summed E-state index contributed by atoms with van der Waals surface area (Å²) in [6.45, 7) is 1.07. The minimum Gasteiger partial charge on any atom is -0.369 e. The number of piperidine rings is 1. The molecular formula is C18H20N4O3S. The molecule has 1 saturated heterocycles. The van der Waals surface area contributed by atoms with Crippen LogP contribution in [0, 0.1) is 5.92 Å². The van der Waals surface area contributed by atoms with Crippen LogP contribution < -0.4 is 11.1 Å².